The van der Waals surface area contributed by atoms with Gasteiger partial charge in [0.2, 0.25) is 10.0 Å². The Balaban J connectivity index is 3.05. The quantitative estimate of drug-likeness (QED) is 0.860. The van der Waals surface area contributed by atoms with E-state index in [1.54, 1.807) is 6.92 Å². The lowest BCUT2D eigenvalue weighted by Gasteiger charge is -2.14. The van der Waals surface area contributed by atoms with Crippen LogP contribution in [0.2, 0.25) is 5.02 Å². The van der Waals surface area contributed by atoms with Gasteiger partial charge in [-0.25, -0.2) is 17.5 Å². The van der Waals surface area contributed by atoms with E-state index in [1.165, 1.54) is 6.07 Å². The molecule has 2 N–H and O–H groups in total. The summed E-state index contributed by atoms with van der Waals surface area (Å²) in [7, 11) is -3.97. The number of sulfonamides is 1. The van der Waals surface area contributed by atoms with Gasteiger partial charge in [-0.05, 0) is 24.6 Å². The molecule has 0 bridgehead atoms. The van der Waals surface area contributed by atoms with Gasteiger partial charge in [0.1, 0.15) is 10.7 Å². The molecule has 0 fully saturated rings. The minimum Gasteiger partial charge on any atom is -0.395 e. The number of hydrogen-bond acceptors (Lipinski definition) is 3. The predicted molar refractivity (Wildman–Crippen MR) is 62.9 cm³/mol. The van der Waals surface area contributed by atoms with Crippen molar-refractivity contribution in [1.82, 2.24) is 4.72 Å². The topological polar surface area (TPSA) is 66.4 Å². The molecular weight excluding hydrogens is 269 g/mol. The SMILES string of the molecule is CC[C@H](CO)NS(=O)(=O)c1ccc(Cl)cc1F. The molecule has 0 unspecified atom stereocenters. The van der Waals surface area contributed by atoms with E-state index in [2.05, 4.69) is 4.72 Å². The van der Waals surface area contributed by atoms with Crippen LogP contribution < -0.4 is 4.72 Å². The van der Waals surface area contributed by atoms with Crippen LogP contribution in [0.3, 0.4) is 0 Å². The fourth-order valence-corrected chi connectivity index (χ4v) is 2.75. The molecule has 1 aromatic rings. The highest BCUT2D eigenvalue weighted by atomic mass is 35.5. The van der Waals surface area contributed by atoms with Gasteiger partial charge in [-0.1, -0.05) is 18.5 Å². The Morgan fingerprint density at radius 2 is 2.18 bits per heavy atom. The van der Waals surface area contributed by atoms with Crippen LogP contribution in [-0.4, -0.2) is 26.2 Å². The lowest BCUT2D eigenvalue weighted by atomic mass is 10.3. The Labute approximate surface area is 104 Å². The lowest BCUT2D eigenvalue weighted by molar-refractivity contribution is 0.253. The molecule has 7 heteroatoms. The van der Waals surface area contributed by atoms with Crippen molar-refractivity contribution >= 4 is 21.6 Å². The summed E-state index contributed by atoms with van der Waals surface area (Å²) in [4.78, 5) is -0.478. The highest BCUT2D eigenvalue weighted by molar-refractivity contribution is 7.89. The molecular formula is C10H13ClFNO3S. The first-order valence-electron chi connectivity index (χ1n) is 4.99. The molecule has 0 saturated carbocycles. The summed E-state index contributed by atoms with van der Waals surface area (Å²) < 4.78 is 39.2. The second-order valence-electron chi connectivity index (χ2n) is 3.48. The average molecular weight is 282 g/mol. The number of nitrogens with one attached hydrogen (secondary N) is 1. The highest BCUT2D eigenvalue weighted by Gasteiger charge is 2.22. The number of halogens is 2. The third-order valence-electron chi connectivity index (χ3n) is 2.22. The van der Waals surface area contributed by atoms with Gasteiger partial charge < -0.3 is 5.11 Å². The van der Waals surface area contributed by atoms with E-state index in [-0.39, 0.29) is 11.6 Å². The van der Waals surface area contributed by atoms with Crippen LogP contribution in [0.15, 0.2) is 23.1 Å². The summed E-state index contributed by atoms with van der Waals surface area (Å²) in [6.07, 6.45) is 0.408. The molecule has 0 saturated heterocycles. The Kier molecular flexibility index (Phi) is 4.88. The molecule has 1 aromatic carbocycles. The molecule has 0 amide bonds. The maximum absolute atomic E-state index is 13.4. The second-order valence-corrected chi connectivity index (χ2v) is 5.60. The normalized spacial score (nSPS) is 13.6. The van der Waals surface area contributed by atoms with Crippen molar-refractivity contribution < 1.29 is 17.9 Å². The van der Waals surface area contributed by atoms with Gasteiger partial charge in [0, 0.05) is 11.1 Å². The van der Waals surface area contributed by atoms with Crippen molar-refractivity contribution in [1.29, 1.82) is 0 Å². The fraction of sp³-hybridized carbons (Fsp3) is 0.400. The lowest BCUT2D eigenvalue weighted by Crippen LogP contribution is -2.37. The molecule has 1 rings (SSSR count). The number of rotatable bonds is 5. The summed E-state index contributed by atoms with van der Waals surface area (Å²) >= 11 is 5.53. The Morgan fingerprint density at radius 3 is 2.65 bits per heavy atom. The number of benzene rings is 1. The van der Waals surface area contributed by atoms with Crippen molar-refractivity contribution in [3.63, 3.8) is 0 Å². The van der Waals surface area contributed by atoms with E-state index in [9.17, 15) is 12.8 Å². The van der Waals surface area contributed by atoms with Gasteiger partial charge in [0.05, 0.1) is 6.61 Å². The van der Waals surface area contributed by atoms with E-state index < -0.39 is 26.8 Å². The molecule has 0 heterocycles. The van der Waals surface area contributed by atoms with Crippen LogP contribution >= 0.6 is 11.6 Å². The smallest absolute Gasteiger partial charge is 0.243 e. The Hall–Kier alpha value is -0.690. The van der Waals surface area contributed by atoms with Crippen LogP contribution in [0.4, 0.5) is 4.39 Å². The molecule has 0 aliphatic carbocycles. The van der Waals surface area contributed by atoms with E-state index in [0.29, 0.717) is 6.42 Å². The van der Waals surface area contributed by atoms with Crippen LogP contribution in [0.25, 0.3) is 0 Å². The standard InChI is InChI=1S/C10H13ClFNO3S/c1-2-8(6-14)13-17(15,16)10-4-3-7(11)5-9(10)12/h3-5,8,13-14H,2,6H2,1H3/t8-/m1/s1. The van der Waals surface area contributed by atoms with Crippen LogP contribution in [0.1, 0.15) is 13.3 Å². The van der Waals surface area contributed by atoms with Gasteiger partial charge in [0.25, 0.3) is 0 Å². The zero-order valence-corrected chi connectivity index (χ0v) is 10.7. The highest BCUT2D eigenvalue weighted by Crippen LogP contribution is 2.19. The van der Waals surface area contributed by atoms with Crippen LogP contribution in [0, 0.1) is 5.82 Å². The number of hydrogen-bond donors (Lipinski definition) is 2. The maximum atomic E-state index is 13.4. The van der Waals surface area contributed by atoms with Crippen molar-refractivity contribution in [3.05, 3.63) is 29.0 Å². The van der Waals surface area contributed by atoms with Gasteiger partial charge in [0.15, 0.2) is 0 Å². The minimum absolute atomic E-state index is 0.121. The zero-order chi connectivity index (χ0) is 13.1. The molecule has 0 radical (unpaired) electrons. The first kappa shape index (κ1) is 14.4. The molecule has 0 aliphatic heterocycles. The summed E-state index contributed by atoms with van der Waals surface area (Å²) in [5, 5.41) is 9.03. The summed E-state index contributed by atoms with van der Waals surface area (Å²) in [5.74, 6) is -0.919. The maximum Gasteiger partial charge on any atom is 0.243 e. The van der Waals surface area contributed by atoms with Crippen LogP contribution in [-0.2, 0) is 10.0 Å². The molecule has 0 aliphatic rings. The van der Waals surface area contributed by atoms with Gasteiger partial charge in [-0.2, -0.15) is 0 Å². The third-order valence-corrected chi connectivity index (χ3v) is 4.01. The minimum atomic E-state index is -3.97. The monoisotopic (exact) mass is 281 g/mol. The molecule has 17 heavy (non-hydrogen) atoms. The predicted octanol–water partition coefficient (Wildman–Crippen LogP) is 1.53. The summed E-state index contributed by atoms with van der Waals surface area (Å²) in [6, 6.07) is 2.68. The van der Waals surface area contributed by atoms with Gasteiger partial charge in [-0.3, -0.25) is 0 Å². The number of aliphatic hydroxyl groups is 1. The number of aliphatic hydroxyl groups excluding tert-OH is 1. The first-order chi connectivity index (χ1) is 7.90. The molecule has 4 nitrogen and oxygen atoms in total. The summed E-state index contributed by atoms with van der Waals surface area (Å²) in [6.45, 7) is 1.37. The molecule has 0 spiro atoms. The Bertz CT molecular complexity index is 488. The molecule has 1 atom stereocenters. The van der Waals surface area contributed by atoms with Crippen molar-refractivity contribution in [3.8, 4) is 0 Å². The van der Waals surface area contributed by atoms with E-state index in [1.807, 2.05) is 0 Å². The van der Waals surface area contributed by atoms with Crippen molar-refractivity contribution in [2.24, 2.45) is 0 Å². The largest absolute Gasteiger partial charge is 0.395 e. The van der Waals surface area contributed by atoms with Crippen molar-refractivity contribution in [2.45, 2.75) is 24.3 Å². The van der Waals surface area contributed by atoms with Crippen molar-refractivity contribution in [2.75, 3.05) is 6.61 Å². The van der Waals surface area contributed by atoms with E-state index >= 15 is 0 Å². The molecule has 0 aromatic heterocycles. The fourth-order valence-electron chi connectivity index (χ4n) is 1.23. The second kappa shape index (κ2) is 5.77. The Morgan fingerprint density at radius 1 is 1.53 bits per heavy atom. The third kappa shape index (κ3) is 3.64. The van der Waals surface area contributed by atoms with Crippen LogP contribution in [0.5, 0.6) is 0 Å². The first-order valence-corrected chi connectivity index (χ1v) is 6.85. The zero-order valence-electron chi connectivity index (χ0n) is 9.15. The summed E-state index contributed by atoms with van der Waals surface area (Å²) in [5.41, 5.74) is 0. The van der Waals surface area contributed by atoms with Gasteiger partial charge >= 0.3 is 0 Å². The average Bonchev–Trinajstić information content (AvgIpc) is 2.25. The van der Waals surface area contributed by atoms with E-state index in [0.717, 1.165) is 12.1 Å². The van der Waals surface area contributed by atoms with E-state index in [4.69, 9.17) is 16.7 Å². The molecule has 96 valence electrons. The van der Waals surface area contributed by atoms with Gasteiger partial charge in [-0.15, -0.1) is 0 Å².